The van der Waals surface area contributed by atoms with Gasteiger partial charge < -0.3 is 14.5 Å². The number of fused-ring (bicyclic) bond motifs is 1. The van der Waals surface area contributed by atoms with Crippen molar-refractivity contribution < 1.29 is 9.53 Å². The third-order valence-electron chi connectivity index (χ3n) is 4.75. The van der Waals surface area contributed by atoms with Crippen molar-refractivity contribution in [3.8, 4) is 5.75 Å². The lowest BCUT2D eigenvalue weighted by atomic mass is 10.2. The number of hydrogen-bond acceptors (Lipinski definition) is 6. The Labute approximate surface area is 155 Å². The number of carbonyl (C=O) groups is 1. The fourth-order valence-corrected chi connectivity index (χ4v) is 4.13. The van der Waals surface area contributed by atoms with Crippen molar-refractivity contribution in [2.24, 2.45) is 7.05 Å². The molecule has 0 saturated carbocycles. The first-order valence-electron chi connectivity index (χ1n) is 8.54. The van der Waals surface area contributed by atoms with Gasteiger partial charge in [-0.25, -0.2) is 4.98 Å². The molecule has 1 aliphatic heterocycles. The molecule has 1 fully saturated rings. The van der Waals surface area contributed by atoms with E-state index in [9.17, 15) is 4.79 Å². The van der Waals surface area contributed by atoms with Gasteiger partial charge in [-0.3, -0.25) is 9.48 Å². The third-order valence-corrected chi connectivity index (χ3v) is 5.83. The van der Waals surface area contributed by atoms with Crippen molar-refractivity contribution in [1.29, 1.82) is 0 Å². The van der Waals surface area contributed by atoms with Crippen molar-refractivity contribution in [3.05, 3.63) is 35.7 Å². The molecular weight excluding hydrogens is 350 g/mol. The molecular formula is C18H21N5O2S. The zero-order valence-electron chi connectivity index (χ0n) is 15.1. The SMILES string of the molecule is COc1ccc2nc(N3CCN(C(=O)c4cc(C)n(C)n4)CC3)sc2c1. The number of methoxy groups -OCH3 is 1. The van der Waals surface area contributed by atoms with Crippen molar-refractivity contribution in [1.82, 2.24) is 19.7 Å². The molecule has 0 unspecified atom stereocenters. The van der Waals surface area contributed by atoms with Crippen LogP contribution in [0.15, 0.2) is 24.3 Å². The van der Waals surface area contributed by atoms with E-state index in [1.165, 1.54) is 0 Å². The van der Waals surface area contributed by atoms with Gasteiger partial charge in [-0.15, -0.1) is 0 Å². The fraction of sp³-hybridized carbons (Fsp3) is 0.389. The molecule has 3 aromatic rings. The zero-order chi connectivity index (χ0) is 18.3. The van der Waals surface area contributed by atoms with E-state index in [-0.39, 0.29) is 5.91 Å². The largest absolute Gasteiger partial charge is 0.497 e. The summed E-state index contributed by atoms with van der Waals surface area (Å²) in [4.78, 5) is 21.5. The topological polar surface area (TPSA) is 63.5 Å². The Kier molecular flexibility index (Phi) is 4.28. The summed E-state index contributed by atoms with van der Waals surface area (Å²) < 4.78 is 8.13. The molecule has 3 heterocycles. The molecule has 8 heteroatoms. The van der Waals surface area contributed by atoms with Crippen molar-refractivity contribution in [3.63, 3.8) is 0 Å². The molecule has 1 amide bonds. The summed E-state index contributed by atoms with van der Waals surface area (Å²) in [6, 6.07) is 7.77. The highest BCUT2D eigenvalue weighted by Gasteiger charge is 2.25. The average molecular weight is 371 g/mol. The summed E-state index contributed by atoms with van der Waals surface area (Å²) in [6.45, 7) is 4.84. The number of aryl methyl sites for hydroxylation is 2. The van der Waals surface area contributed by atoms with Crippen LogP contribution in [0.3, 0.4) is 0 Å². The summed E-state index contributed by atoms with van der Waals surface area (Å²) in [5, 5.41) is 5.29. The summed E-state index contributed by atoms with van der Waals surface area (Å²) >= 11 is 1.66. The van der Waals surface area contributed by atoms with Gasteiger partial charge in [-0.2, -0.15) is 5.10 Å². The van der Waals surface area contributed by atoms with E-state index >= 15 is 0 Å². The van der Waals surface area contributed by atoms with Crippen molar-refractivity contribution in [2.75, 3.05) is 38.2 Å². The number of piperazine rings is 1. The fourth-order valence-electron chi connectivity index (χ4n) is 3.08. The molecule has 0 N–H and O–H groups in total. The van der Waals surface area contributed by atoms with Crippen LogP contribution in [-0.2, 0) is 7.05 Å². The Morgan fingerprint density at radius 3 is 2.62 bits per heavy atom. The second kappa shape index (κ2) is 6.60. The van der Waals surface area contributed by atoms with Gasteiger partial charge >= 0.3 is 0 Å². The molecule has 0 bridgehead atoms. The Hall–Kier alpha value is -2.61. The van der Waals surface area contributed by atoms with Crippen LogP contribution in [0.25, 0.3) is 10.2 Å². The zero-order valence-corrected chi connectivity index (χ0v) is 15.9. The highest BCUT2D eigenvalue weighted by Crippen LogP contribution is 2.31. The van der Waals surface area contributed by atoms with Crippen LogP contribution in [0, 0.1) is 6.92 Å². The van der Waals surface area contributed by atoms with Gasteiger partial charge in [-0.1, -0.05) is 11.3 Å². The number of nitrogens with zero attached hydrogens (tertiary/aromatic N) is 5. The number of aromatic nitrogens is 3. The first-order valence-corrected chi connectivity index (χ1v) is 9.36. The molecule has 1 aliphatic rings. The molecule has 1 aromatic carbocycles. The Morgan fingerprint density at radius 1 is 1.19 bits per heavy atom. The lowest BCUT2D eigenvalue weighted by Gasteiger charge is -2.34. The van der Waals surface area contributed by atoms with Crippen LogP contribution < -0.4 is 9.64 Å². The standard InChI is InChI=1S/C18H21N5O2S/c1-12-10-15(20-21(12)2)17(24)22-6-8-23(9-7-22)18-19-14-5-4-13(25-3)11-16(14)26-18/h4-5,10-11H,6-9H2,1-3H3. The minimum atomic E-state index is 0.00221. The summed E-state index contributed by atoms with van der Waals surface area (Å²) in [5.41, 5.74) is 2.48. The molecule has 4 rings (SSSR count). The van der Waals surface area contributed by atoms with Gasteiger partial charge in [0, 0.05) is 38.9 Å². The molecule has 7 nitrogen and oxygen atoms in total. The molecule has 1 saturated heterocycles. The van der Waals surface area contributed by atoms with Crippen LogP contribution >= 0.6 is 11.3 Å². The van der Waals surface area contributed by atoms with Crippen LogP contribution in [0.1, 0.15) is 16.2 Å². The van der Waals surface area contributed by atoms with E-state index in [2.05, 4.69) is 10.00 Å². The maximum absolute atomic E-state index is 12.6. The van der Waals surface area contributed by atoms with Gasteiger partial charge in [-0.05, 0) is 31.2 Å². The van der Waals surface area contributed by atoms with Crippen LogP contribution in [0.4, 0.5) is 5.13 Å². The Morgan fingerprint density at radius 2 is 1.96 bits per heavy atom. The van der Waals surface area contributed by atoms with Gasteiger partial charge in [0.2, 0.25) is 0 Å². The van der Waals surface area contributed by atoms with E-state index in [1.807, 2.05) is 43.1 Å². The number of ether oxygens (including phenoxy) is 1. The lowest BCUT2D eigenvalue weighted by molar-refractivity contribution is 0.0740. The van der Waals surface area contributed by atoms with Gasteiger partial charge in [0.25, 0.3) is 5.91 Å². The van der Waals surface area contributed by atoms with Crippen LogP contribution in [0.5, 0.6) is 5.75 Å². The van der Waals surface area contributed by atoms with Gasteiger partial charge in [0.1, 0.15) is 5.75 Å². The molecule has 0 atom stereocenters. The maximum atomic E-state index is 12.6. The lowest BCUT2D eigenvalue weighted by Crippen LogP contribution is -2.48. The number of carbonyl (C=O) groups excluding carboxylic acids is 1. The van der Waals surface area contributed by atoms with Crippen LogP contribution in [0.2, 0.25) is 0 Å². The Bertz CT molecular complexity index is 936. The van der Waals surface area contributed by atoms with E-state index in [4.69, 9.17) is 9.72 Å². The highest BCUT2D eigenvalue weighted by molar-refractivity contribution is 7.22. The number of rotatable bonds is 3. The van der Waals surface area contributed by atoms with E-state index in [0.29, 0.717) is 18.8 Å². The Balaban J connectivity index is 1.45. The number of anilines is 1. The summed E-state index contributed by atoms with van der Waals surface area (Å²) in [5.74, 6) is 0.844. The second-order valence-electron chi connectivity index (χ2n) is 6.40. The monoisotopic (exact) mass is 371 g/mol. The molecule has 0 aliphatic carbocycles. The smallest absolute Gasteiger partial charge is 0.274 e. The van der Waals surface area contributed by atoms with Gasteiger partial charge in [0.15, 0.2) is 10.8 Å². The first-order chi connectivity index (χ1) is 12.5. The second-order valence-corrected chi connectivity index (χ2v) is 7.41. The number of hydrogen-bond donors (Lipinski definition) is 0. The number of benzene rings is 1. The molecule has 2 aromatic heterocycles. The first kappa shape index (κ1) is 16.8. The van der Waals surface area contributed by atoms with E-state index in [0.717, 1.165) is 39.9 Å². The maximum Gasteiger partial charge on any atom is 0.274 e. The highest BCUT2D eigenvalue weighted by atomic mass is 32.1. The quantitative estimate of drug-likeness (QED) is 0.707. The van der Waals surface area contributed by atoms with Crippen molar-refractivity contribution >= 4 is 32.6 Å². The average Bonchev–Trinajstić information content (AvgIpc) is 3.24. The third kappa shape index (κ3) is 3.01. The molecule has 0 radical (unpaired) electrons. The van der Waals surface area contributed by atoms with E-state index in [1.54, 1.807) is 23.1 Å². The summed E-state index contributed by atoms with van der Waals surface area (Å²) in [6.07, 6.45) is 0. The predicted molar refractivity (Wildman–Crippen MR) is 102 cm³/mol. The van der Waals surface area contributed by atoms with E-state index < -0.39 is 0 Å². The normalized spacial score (nSPS) is 14.9. The summed E-state index contributed by atoms with van der Waals surface area (Å²) in [7, 11) is 3.52. The van der Waals surface area contributed by atoms with Gasteiger partial charge in [0.05, 0.1) is 17.3 Å². The number of thiazole rings is 1. The molecule has 136 valence electrons. The van der Waals surface area contributed by atoms with Crippen LogP contribution in [-0.4, -0.2) is 58.9 Å². The van der Waals surface area contributed by atoms with Crippen molar-refractivity contribution in [2.45, 2.75) is 6.92 Å². The minimum absolute atomic E-state index is 0.00221. The predicted octanol–water partition coefficient (Wildman–Crippen LogP) is 2.31. The molecule has 0 spiro atoms. The molecule has 26 heavy (non-hydrogen) atoms. The minimum Gasteiger partial charge on any atom is -0.497 e. The number of amides is 1.